The standard InChI is InChI=1S/C21H16F3N5O2/c1-12-18(20(30)26-14-7-5-6-13(10-14)21(22,23)24)27-28-19-16(11-25-29(12)19)15-8-3-4-9-17(15)31-2/h3-11H,1-2H3,(H,26,30). The highest BCUT2D eigenvalue weighted by Crippen LogP contribution is 2.32. The Balaban J connectivity index is 1.69. The maximum Gasteiger partial charge on any atom is 0.416 e. The van der Waals surface area contributed by atoms with Crippen molar-refractivity contribution < 1.29 is 22.7 Å². The third kappa shape index (κ3) is 3.79. The lowest BCUT2D eigenvalue weighted by atomic mass is 10.1. The van der Waals surface area contributed by atoms with E-state index >= 15 is 0 Å². The molecule has 10 heteroatoms. The molecule has 1 N–H and O–H groups in total. The Morgan fingerprint density at radius 2 is 1.84 bits per heavy atom. The van der Waals surface area contributed by atoms with Crippen molar-refractivity contribution in [2.45, 2.75) is 13.1 Å². The summed E-state index contributed by atoms with van der Waals surface area (Å²) in [7, 11) is 1.55. The van der Waals surface area contributed by atoms with Crippen LogP contribution in [0.4, 0.5) is 18.9 Å². The highest BCUT2D eigenvalue weighted by Gasteiger charge is 2.30. The van der Waals surface area contributed by atoms with E-state index in [-0.39, 0.29) is 11.4 Å². The molecule has 2 aromatic heterocycles. The number of ether oxygens (including phenoxy) is 1. The summed E-state index contributed by atoms with van der Waals surface area (Å²) in [5.41, 5.74) is 1.30. The zero-order chi connectivity index (χ0) is 22.2. The zero-order valence-corrected chi connectivity index (χ0v) is 16.4. The Morgan fingerprint density at radius 3 is 2.58 bits per heavy atom. The topological polar surface area (TPSA) is 81.4 Å². The Labute approximate surface area is 174 Å². The van der Waals surface area contributed by atoms with Crippen molar-refractivity contribution in [1.29, 1.82) is 0 Å². The van der Waals surface area contributed by atoms with Crippen LogP contribution in [0.25, 0.3) is 16.8 Å². The summed E-state index contributed by atoms with van der Waals surface area (Å²) in [6, 6.07) is 11.7. The number of nitrogens with zero attached hydrogens (tertiary/aromatic N) is 4. The highest BCUT2D eigenvalue weighted by molar-refractivity contribution is 6.03. The lowest BCUT2D eigenvalue weighted by molar-refractivity contribution is -0.137. The first-order valence-corrected chi connectivity index (χ1v) is 9.12. The minimum Gasteiger partial charge on any atom is -0.496 e. The largest absolute Gasteiger partial charge is 0.496 e. The van der Waals surface area contributed by atoms with Crippen molar-refractivity contribution in [2.24, 2.45) is 0 Å². The van der Waals surface area contributed by atoms with Crippen LogP contribution in [0.3, 0.4) is 0 Å². The number of aryl methyl sites for hydroxylation is 1. The predicted molar refractivity (Wildman–Crippen MR) is 107 cm³/mol. The van der Waals surface area contributed by atoms with Crippen LogP contribution in [-0.2, 0) is 6.18 Å². The van der Waals surface area contributed by atoms with E-state index in [2.05, 4.69) is 20.6 Å². The fourth-order valence-electron chi connectivity index (χ4n) is 3.18. The number of alkyl halides is 3. The summed E-state index contributed by atoms with van der Waals surface area (Å²) in [6.45, 7) is 1.63. The van der Waals surface area contributed by atoms with E-state index in [1.165, 1.54) is 16.6 Å². The second-order valence-electron chi connectivity index (χ2n) is 6.66. The number of carbonyl (C=O) groups excluding carboxylic acids is 1. The van der Waals surface area contributed by atoms with Crippen molar-refractivity contribution in [3.05, 3.63) is 71.7 Å². The summed E-state index contributed by atoms with van der Waals surface area (Å²) in [6.07, 6.45) is -2.93. The van der Waals surface area contributed by atoms with Crippen molar-refractivity contribution >= 4 is 17.2 Å². The fraction of sp³-hybridized carbons (Fsp3) is 0.143. The first kappa shape index (κ1) is 20.3. The first-order chi connectivity index (χ1) is 14.8. The monoisotopic (exact) mass is 427 g/mol. The van der Waals surface area contributed by atoms with Gasteiger partial charge in [-0.2, -0.15) is 18.3 Å². The molecule has 2 aromatic carbocycles. The van der Waals surface area contributed by atoms with Crippen molar-refractivity contribution in [3.8, 4) is 16.9 Å². The van der Waals surface area contributed by atoms with Crippen LogP contribution < -0.4 is 10.1 Å². The van der Waals surface area contributed by atoms with Gasteiger partial charge in [-0.3, -0.25) is 4.79 Å². The Bertz CT molecular complexity index is 1280. The Morgan fingerprint density at radius 1 is 1.06 bits per heavy atom. The molecule has 0 spiro atoms. The van der Waals surface area contributed by atoms with E-state index in [1.54, 1.807) is 26.3 Å². The number of benzene rings is 2. The molecule has 2 heterocycles. The van der Waals surface area contributed by atoms with Gasteiger partial charge in [-0.15, -0.1) is 10.2 Å². The van der Waals surface area contributed by atoms with Gasteiger partial charge in [0.15, 0.2) is 11.3 Å². The maximum absolute atomic E-state index is 12.9. The van der Waals surface area contributed by atoms with Gasteiger partial charge in [0.1, 0.15) is 5.75 Å². The number of aromatic nitrogens is 4. The number of fused-ring (bicyclic) bond motifs is 1. The molecule has 0 fully saturated rings. The van der Waals surface area contributed by atoms with Gasteiger partial charge in [0.25, 0.3) is 5.91 Å². The second-order valence-corrected chi connectivity index (χ2v) is 6.66. The number of halogens is 3. The van der Waals surface area contributed by atoms with E-state index < -0.39 is 17.6 Å². The van der Waals surface area contributed by atoms with Crippen LogP contribution in [0.5, 0.6) is 5.75 Å². The summed E-state index contributed by atoms with van der Waals surface area (Å²) >= 11 is 0. The molecule has 158 valence electrons. The predicted octanol–water partition coefficient (Wildman–Crippen LogP) is 4.38. The molecule has 0 aliphatic heterocycles. The number of rotatable bonds is 4. The van der Waals surface area contributed by atoms with E-state index in [9.17, 15) is 18.0 Å². The molecule has 0 atom stereocenters. The lowest BCUT2D eigenvalue weighted by Crippen LogP contribution is -2.19. The quantitative estimate of drug-likeness (QED) is 0.523. The average molecular weight is 427 g/mol. The molecular formula is C21H16F3N5O2. The van der Waals surface area contributed by atoms with Crippen molar-refractivity contribution in [2.75, 3.05) is 12.4 Å². The number of carbonyl (C=O) groups is 1. The molecule has 4 rings (SSSR count). The zero-order valence-electron chi connectivity index (χ0n) is 16.4. The van der Waals surface area contributed by atoms with Gasteiger partial charge in [0.05, 0.1) is 30.1 Å². The summed E-state index contributed by atoms with van der Waals surface area (Å²) in [5, 5.41) is 14.9. The minimum atomic E-state index is -4.51. The molecule has 0 saturated heterocycles. The van der Waals surface area contributed by atoms with Gasteiger partial charge in [-0.05, 0) is 31.2 Å². The van der Waals surface area contributed by atoms with Crippen LogP contribution in [0.2, 0.25) is 0 Å². The number of hydrogen-bond acceptors (Lipinski definition) is 5. The van der Waals surface area contributed by atoms with E-state index in [1.807, 2.05) is 18.2 Å². The van der Waals surface area contributed by atoms with Crippen LogP contribution >= 0.6 is 0 Å². The summed E-state index contributed by atoms with van der Waals surface area (Å²) < 4.78 is 45.6. The highest BCUT2D eigenvalue weighted by atomic mass is 19.4. The Hall–Kier alpha value is -3.95. The summed E-state index contributed by atoms with van der Waals surface area (Å²) in [4.78, 5) is 12.7. The van der Waals surface area contributed by atoms with Crippen LogP contribution in [0.15, 0.2) is 54.7 Å². The van der Waals surface area contributed by atoms with E-state index in [0.717, 1.165) is 17.7 Å². The second kappa shape index (κ2) is 7.71. The van der Waals surface area contributed by atoms with Crippen molar-refractivity contribution in [1.82, 2.24) is 19.8 Å². The molecule has 1 amide bonds. The normalized spacial score (nSPS) is 11.5. The summed E-state index contributed by atoms with van der Waals surface area (Å²) in [5.74, 6) is -0.0659. The van der Waals surface area contributed by atoms with Crippen molar-refractivity contribution in [3.63, 3.8) is 0 Å². The Kier molecular flexibility index (Phi) is 5.05. The molecule has 4 aromatic rings. The van der Waals surface area contributed by atoms with Gasteiger partial charge < -0.3 is 10.1 Å². The molecule has 0 unspecified atom stereocenters. The number of nitrogens with one attached hydrogen (secondary N) is 1. The lowest BCUT2D eigenvalue weighted by Gasteiger charge is -2.11. The molecule has 0 aliphatic carbocycles. The van der Waals surface area contributed by atoms with Gasteiger partial charge >= 0.3 is 6.18 Å². The van der Waals surface area contributed by atoms with E-state index in [4.69, 9.17) is 4.74 Å². The third-order valence-corrected chi connectivity index (χ3v) is 4.71. The molecule has 0 saturated carbocycles. The SMILES string of the molecule is COc1ccccc1-c1cnn2c(C)c(C(=O)Nc3cccc(C(F)(F)F)c3)nnc12. The molecule has 0 aliphatic rings. The van der Waals surface area contributed by atoms with Gasteiger partial charge in [-0.1, -0.05) is 24.3 Å². The van der Waals surface area contributed by atoms with Gasteiger partial charge in [-0.25, -0.2) is 4.52 Å². The number of anilines is 1. The number of methoxy groups -OCH3 is 1. The smallest absolute Gasteiger partial charge is 0.416 e. The molecule has 0 radical (unpaired) electrons. The molecular weight excluding hydrogens is 411 g/mol. The third-order valence-electron chi connectivity index (χ3n) is 4.71. The van der Waals surface area contributed by atoms with Crippen LogP contribution in [-0.4, -0.2) is 32.8 Å². The van der Waals surface area contributed by atoms with E-state index in [0.29, 0.717) is 22.7 Å². The first-order valence-electron chi connectivity index (χ1n) is 9.12. The van der Waals surface area contributed by atoms with Crippen LogP contribution in [0, 0.1) is 6.92 Å². The maximum atomic E-state index is 12.9. The van der Waals surface area contributed by atoms with Gasteiger partial charge in [0, 0.05) is 11.3 Å². The fourth-order valence-corrected chi connectivity index (χ4v) is 3.18. The number of hydrogen-bond donors (Lipinski definition) is 1. The average Bonchev–Trinajstić information content (AvgIpc) is 3.18. The van der Waals surface area contributed by atoms with Gasteiger partial charge in [0.2, 0.25) is 0 Å². The minimum absolute atomic E-state index is 0.00343. The molecule has 31 heavy (non-hydrogen) atoms. The molecule has 0 bridgehead atoms. The number of para-hydroxylation sites is 1. The molecule has 7 nitrogen and oxygen atoms in total. The number of amides is 1. The van der Waals surface area contributed by atoms with Crippen LogP contribution in [0.1, 0.15) is 21.7 Å².